The zero-order valence-electron chi connectivity index (χ0n) is 13.0. The minimum Gasteiger partial charge on any atom is -0.350 e. The first-order chi connectivity index (χ1) is 11.9. The number of anilines is 1. The minimum atomic E-state index is -3.64. The van der Waals surface area contributed by atoms with Gasteiger partial charge in [-0.2, -0.15) is 0 Å². The summed E-state index contributed by atoms with van der Waals surface area (Å²) in [5.74, 6) is -0.741. The number of primary sulfonamides is 1. The molecule has 0 radical (unpaired) electrons. The Kier molecular flexibility index (Phi) is 4.64. The highest BCUT2D eigenvalue weighted by Gasteiger charge is 2.15. The molecule has 3 N–H and O–H groups in total. The van der Waals surface area contributed by atoms with Crippen molar-refractivity contribution in [3.05, 3.63) is 72.0 Å². The second-order valence-corrected chi connectivity index (χ2v) is 7.02. The summed E-state index contributed by atoms with van der Waals surface area (Å²) in [4.78, 5) is 12.3. The van der Waals surface area contributed by atoms with Crippen molar-refractivity contribution < 1.29 is 17.7 Å². The van der Waals surface area contributed by atoms with Crippen molar-refractivity contribution >= 4 is 21.6 Å². The fraction of sp³-hybridized carbons (Fsp3) is 0.0588. The molecule has 0 bridgehead atoms. The van der Waals surface area contributed by atoms with Gasteiger partial charge < -0.3 is 9.84 Å². The standard InChI is InChI=1S/C17H15N3O4S/c18-25(22,23)11-12-5-4-8-14(9-12)19-17(21)16-10-15(20-24-16)13-6-2-1-3-7-13/h1-10H,11H2,(H,19,21)(H2,18,22,23). The molecule has 7 nitrogen and oxygen atoms in total. The van der Waals surface area contributed by atoms with Crippen LogP contribution in [0.15, 0.2) is 65.2 Å². The van der Waals surface area contributed by atoms with E-state index in [0.717, 1.165) is 5.56 Å². The smallest absolute Gasteiger partial charge is 0.294 e. The van der Waals surface area contributed by atoms with Crippen molar-refractivity contribution in [3.8, 4) is 11.3 Å². The summed E-state index contributed by atoms with van der Waals surface area (Å²) in [6, 6.07) is 17.3. The van der Waals surface area contributed by atoms with Crippen molar-refractivity contribution in [2.75, 3.05) is 5.32 Å². The molecule has 0 aliphatic carbocycles. The van der Waals surface area contributed by atoms with Gasteiger partial charge in [-0.25, -0.2) is 13.6 Å². The van der Waals surface area contributed by atoms with Gasteiger partial charge in [0.1, 0.15) is 5.69 Å². The van der Waals surface area contributed by atoms with Gasteiger partial charge in [-0.1, -0.05) is 47.6 Å². The number of hydrogen-bond acceptors (Lipinski definition) is 5. The molecule has 0 unspecified atom stereocenters. The number of sulfonamides is 1. The van der Waals surface area contributed by atoms with Crippen LogP contribution >= 0.6 is 0 Å². The molecule has 0 aliphatic rings. The molecule has 1 amide bonds. The largest absolute Gasteiger partial charge is 0.350 e. The van der Waals surface area contributed by atoms with Crippen molar-refractivity contribution in [1.29, 1.82) is 0 Å². The van der Waals surface area contributed by atoms with E-state index < -0.39 is 15.9 Å². The summed E-state index contributed by atoms with van der Waals surface area (Å²) >= 11 is 0. The van der Waals surface area contributed by atoms with Gasteiger partial charge in [-0.05, 0) is 17.7 Å². The van der Waals surface area contributed by atoms with Gasteiger partial charge in [0, 0.05) is 17.3 Å². The van der Waals surface area contributed by atoms with Gasteiger partial charge in [-0.15, -0.1) is 0 Å². The van der Waals surface area contributed by atoms with Crippen LogP contribution in [0.1, 0.15) is 16.1 Å². The highest BCUT2D eigenvalue weighted by atomic mass is 32.2. The number of amides is 1. The minimum absolute atomic E-state index is 0.0516. The number of nitrogens with one attached hydrogen (secondary N) is 1. The maximum absolute atomic E-state index is 12.3. The Morgan fingerprint density at radius 1 is 1.08 bits per heavy atom. The molecule has 8 heteroatoms. The van der Waals surface area contributed by atoms with Gasteiger partial charge in [0.05, 0.1) is 5.75 Å². The second-order valence-electron chi connectivity index (χ2n) is 5.40. The topological polar surface area (TPSA) is 115 Å². The Labute approximate surface area is 144 Å². The normalized spacial score (nSPS) is 11.2. The van der Waals surface area contributed by atoms with Crippen LogP contribution in [0.25, 0.3) is 11.3 Å². The molecule has 1 aromatic heterocycles. The third kappa shape index (κ3) is 4.52. The van der Waals surface area contributed by atoms with Crippen LogP contribution < -0.4 is 10.5 Å². The van der Waals surface area contributed by atoms with E-state index in [1.54, 1.807) is 24.3 Å². The number of carbonyl (C=O) groups is 1. The first kappa shape index (κ1) is 16.9. The molecule has 0 spiro atoms. The quantitative estimate of drug-likeness (QED) is 0.727. The monoisotopic (exact) mass is 357 g/mol. The number of benzene rings is 2. The van der Waals surface area contributed by atoms with Gasteiger partial charge in [-0.3, -0.25) is 4.79 Å². The van der Waals surface area contributed by atoms with Crippen molar-refractivity contribution in [1.82, 2.24) is 5.16 Å². The average Bonchev–Trinajstić information content (AvgIpc) is 3.04. The molecule has 3 aromatic rings. The maximum Gasteiger partial charge on any atom is 0.294 e. The number of rotatable bonds is 5. The van der Waals surface area contributed by atoms with Crippen LogP contribution in [0.4, 0.5) is 5.69 Å². The van der Waals surface area contributed by atoms with Crippen LogP contribution in [0.2, 0.25) is 0 Å². The van der Waals surface area contributed by atoms with Gasteiger partial charge in [0.15, 0.2) is 0 Å². The van der Waals surface area contributed by atoms with Crippen molar-refractivity contribution in [2.45, 2.75) is 5.75 Å². The van der Waals surface area contributed by atoms with E-state index in [1.165, 1.54) is 6.07 Å². The zero-order chi connectivity index (χ0) is 17.9. The predicted octanol–water partition coefficient (Wildman–Crippen LogP) is 2.38. The molecule has 1 heterocycles. The van der Waals surface area contributed by atoms with E-state index in [-0.39, 0.29) is 11.5 Å². The third-order valence-electron chi connectivity index (χ3n) is 3.36. The van der Waals surface area contributed by atoms with E-state index in [4.69, 9.17) is 9.66 Å². The molecule has 128 valence electrons. The van der Waals surface area contributed by atoms with Crippen molar-refractivity contribution in [3.63, 3.8) is 0 Å². The van der Waals surface area contributed by atoms with Crippen LogP contribution in [-0.2, 0) is 15.8 Å². The number of carbonyl (C=O) groups excluding carboxylic acids is 1. The summed E-state index contributed by atoms with van der Waals surface area (Å²) in [7, 11) is -3.64. The Morgan fingerprint density at radius 2 is 1.84 bits per heavy atom. The Bertz CT molecular complexity index is 997. The molecule has 25 heavy (non-hydrogen) atoms. The zero-order valence-corrected chi connectivity index (χ0v) is 13.9. The number of hydrogen-bond donors (Lipinski definition) is 2. The van der Waals surface area contributed by atoms with Crippen molar-refractivity contribution in [2.24, 2.45) is 5.14 Å². The summed E-state index contributed by atoms with van der Waals surface area (Å²) < 4.78 is 27.4. The molecular formula is C17H15N3O4S. The molecule has 0 atom stereocenters. The fourth-order valence-electron chi connectivity index (χ4n) is 2.29. The molecule has 3 rings (SSSR count). The van der Waals surface area contributed by atoms with E-state index in [9.17, 15) is 13.2 Å². The SMILES string of the molecule is NS(=O)(=O)Cc1cccc(NC(=O)c2cc(-c3ccccc3)no2)c1. The lowest BCUT2D eigenvalue weighted by atomic mass is 10.1. The van der Waals surface area contributed by atoms with Crippen LogP contribution in [-0.4, -0.2) is 19.5 Å². The Balaban J connectivity index is 1.75. The summed E-state index contributed by atoms with van der Waals surface area (Å²) in [6.45, 7) is 0. The molecule has 0 saturated heterocycles. The number of nitrogens with zero attached hydrogens (tertiary/aromatic N) is 1. The number of aromatic nitrogens is 1. The lowest BCUT2D eigenvalue weighted by Gasteiger charge is -2.05. The van der Waals surface area contributed by atoms with E-state index >= 15 is 0 Å². The highest BCUT2D eigenvalue weighted by molar-refractivity contribution is 7.88. The second kappa shape index (κ2) is 6.88. The predicted molar refractivity (Wildman–Crippen MR) is 93.1 cm³/mol. The molecule has 0 fully saturated rings. The first-order valence-electron chi connectivity index (χ1n) is 7.34. The molecular weight excluding hydrogens is 342 g/mol. The summed E-state index contributed by atoms with van der Waals surface area (Å²) in [5.41, 5.74) is 2.29. The van der Waals surface area contributed by atoms with E-state index in [0.29, 0.717) is 16.9 Å². The lowest BCUT2D eigenvalue weighted by Crippen LogP contribution is -2.15. The van der Waals surface area contributed by atoms with Gasteiger partial charge in [0.25, 0.3) is 5.91 Å². The van der Waals surface area contributed by atoms with E-state index in [2.05, 4.69) is 10.5 Å². The number of nitrogens with two attached hydrogens (primary N) is 1. The highest BCUT2D eigenvalue weighted by Crippen LogP contribution is 2.20. The van der Waals surface area contributed by atoms with Crippen LogP contribution in [0, 0.1) is 0 Å². The lowest BCUT2D eigenvalue weighted by molar-refractivity contribution is 0.0988. The average molecular weight is 357 g/mol. The van der Waals surface area contributed by atoms with Gasteiger partial charge >= 0.3 is 0 Å². The summed E-state index contributed by atoms with van der Waals surface area (Å²) in [6.07, 6.45) is 0. The molecule has 2 aromatic carbocycles. The third-order valence-corrected chi connectivity index (χ3v) is 4.09. The van der Waals surface area contributed by atoms with Crippen LogP contribution in [0.3, 0.4) is 0 Å². The maximum atomic E-state index is 12.3. The van der Waals surface area contributed by atoms with E-state index in [1.807, 2.05) is 30.3 Å². The fourth-order valence-corrected chi connectivity index (χ4v) is 2.94. The Hall–Kier alpha value is -2.97. The van der Waals surface area contributed by atoms with Crippen LogP contribution in [0.5, 0.6) is 0 Å². The summed E-state index contributed by atoms with van der Waals surface area (Å²) in [5, 5.41) is 11.6. The van der Waals surface area contributed by atoms with Gasteiger partial charge in [0.2, 0.25) is 15.8 Å². The Morgan fingerprint density at radius 3 is 2.56 bits per heavy atom. The molecule has 0 aliphatic heterocycles. The molecule has 0 saturated carbocycles. The first-order valence-corrected chi connectivity index (χ1v) is 9.05.